The van der Waals surface area contributed by atoms with E-state index in [2.05, 4.69) is 5.32 Å². The summed E-state index contributed by atoms with van der Waals surface area (Å²) in [5.41, 5.74) is 0.866. The van der Waals surface area contributed by atoms with Gasteiger partial charge >= 0.3 is 12.0 Å². The molecule has 0 radical (unpaired) electrons. The summed E-state index contributed by atoms with van der Waals surface area (Å²) in [4.78, 5) is 25.0. The number of nitrogens with zero attached hydrogens (tertiary/aromatic N) is 1. The molecule has 1 aromatic rings. The van der Waals surface area contributed by atoms with Crippen molar-refractivity contribution >= 4 is 12.0 Å². The molecule has 0 fully saturated rings. The first-order valence-electron chi connectivity index (χ1n) is 7.08. The van der Waals surface area contributed by atoms with Crippen molar-refractivity contribution in [3.63, 3.8) is 0 Å². The van der Waals surface area contributed by atoms with Crippen molar-refractivity contribution in [1.82, 2.24) is 10.2 Å². The normalized spacial score (nSPS) is 12.6. The summed E-state index contributed by atoms with van der Waals surface area (Å²) in [6, 6.07) is 7.25. The Bertz CT molecular complexity index is 526. The van der Waals surface area contributed by atoms with Crippen molar-refractivity contribution < 1.29 is 14.7 Å². The molecular weight excluding hydrogens is 268 g/mol. The lowest BCUT2D eigenvalue weighted by molar-refractivity contribution is -0.147. The standard InChI is InChI=1S/C16H24N2O3/c1-6-18(16(4,5)14(19)20)15(21)17-12(3)13-10-8-7-9-11(13)2/h7-10,12H,6H2,1-5H3,(H,17,21)(H,19,20). The quantitative estimate of drug-likeness (QED) is 0.876. The SMILES string of the molecule is CCN(C(=O)NC(C)c1ccccc1C)C(C)(C)C(=O)O. The van der Waals surface area contributed by atoms with E-state index < -0.39 is 11.5 Å². The molecule has 1 rings (SSSR count). The van der Waals surface area contributed by atoms with E-state index in [4.69, 9.17) is 0 Å². The molecule has 0 aliphatic rings. The van der Waals surface area contributed by atoms with E-state index in [0.717, 1.165) is 11.1 Å². The number of nitrogens with one attached hydrogen (secondary N) is 1. The van der Waals surface area contributed by atoms with Crippen LogP contribution in [0.2, 0.25) is 0 Å². The fraction of sp³-hybridized carbons (Fsp3) is 0.500. The summed E-state index contributed by atoms with van der Waals surface area (Å²) in [7, 11) is 0. The van der Waals surface area contributed by atoms with Gasteiger partial charge in [-0.25, -0.2) is 9.59 Å². The molecular formula is C16H24N2O3. The van der Waals surface area contributed by atoms with Gasteiger partial charge in [-0.05, 0) is 45.7 Å². The third kappa shape index (κ3) is 3.74. The lowest BCUT2D eigenvalue weighted by Gasteiger charge is -2.35. The number of carbonyl (C=O) groups excluding carboxylic acids is 1. The molecule has 0 spiro atoms. The van der Waals surface area contributed by atoms with Gasteiger partial charge in [0, 0.05) is 6.54 Å². The van der Waals surface area contributed by atoms with Crippen LogP contribution in [0.25, 0.3) is 0 Å². The van der Waals surface area contributed by atoms with Gasteiger partial charge in [0.2, 0.25) is 0 Å². The Kier molecular flexibility index (Phi) is 5.35. The summed E-state index contributed by atoms with van der Waals surface area (Å²) in [5, 5.41) is 12.1. The van der Waals surface area contributed by atoms with Gasteiger partial charge in [0.25, 0.3) is 0 Å². The monoisotopic (exact) mass is 292 g/mol. The van der Waals surface area contributed by atoms with Crippen molar-refractivity contribution in [2.45, 2.75) is 46.2 Å². The number of amides is 2. The molecule has 1 aromatic carbocycles. The van der Waals surface area contributed by atoms with E-state index >= 15 is 0 Å². The Morgan fingerprint density at radius 1 is 1.33 bits per heavy atom. The van der Waals surface area contributed by atoms with E-state index in [9.17, 15) is 14.7 Å². The van der Waals surface area contributed by atoms with Crippen LogP contribution in [0, 0.1) is 6.92 Å². The van der Waals surface area contributed by atoms with Gasteiger partial charge < -0.3 is 15.3 Å². The van der Waals surface area contributed by atoms with Gasteiger partial charge in [-0.15, -0.1) is 0 Å². The van der Waals surface area contributed by atoms with Crippen molar-refractivity contribution in [1.29, 1.82) is 0 Å². The highest BCUT2D eigenvalue weighted by Crippen LogP contribution is 2.19. The van der Waals surface area contributed by atoms with Gasteiger partial charge in [0.05, 0.1) is 6.04 Å². The third-order valence-electron chi connectivity index (χ3n) is 3.75. The maximum atomic E-state index is 12.4. The number of carboxylic acids is 1. The molecule has 1 atom stereocenters. The Hall–Kier alpha value is -2.04. The molecule has 0 saturated heterocycles. The molecule has 0 aliphatic heterocycles. The molecule has 5 nitrogen and oxygen atoms in total. The van der Waals surface area contributed by atoms with Crippen LogP contribution in [0.4, 0.5) is 4.79 Å². The van der Waals surface area contributed by atoms with E-state index in [1.807, 2.05) is 38.1 Å². The Morgan fingerprint density at radius 2 is 1.90 bits per heavy atom. The van der Waals surface area contributed by atoms with Crippen LogP contribution in [0.5, 0.6) is 0 Å². The maximum absolute atomic E-state index is 12.4. The molecule has 0 aromatic heterocycles. The minimum Gasteiger partial charge on any atom is -0.480 e. The second-order valence-electron chi connectivity index (χ2n) is 5.64. The number of hydrogen-bond donors (Lipinski definition) is 2. The second kappa shape index (κ2) is 6.61. The van der Waals surface area contributed by atoms with Gasteiger partial charge in [0.15, 0.2) is 0 Å². The van der Waals surface area contributed by atoms with E-state index in [1.165, 1.54) is 18.7 Å². The Labute approximate surface area is 126 Å². The summed E-state index contributed by atoms with van der Waals surface area (Å²) in [5.74, 6) is -1.02. The van der Waals surface area contributed by atoms with Gasteiger partial charge in [-0.1, -0.05) is 24.3 Å². The average molecular weight is 292 g/mol. The summed E-state index contributed by atoms with van der Waals surface area (Å²) in [6.45, 7) is 9.01. The Morgan fingerprint density at radius 3 is 2.38 bits per heavy atom. The zero-order valence-corrected chi connectivity index (χ0v) is 13.3. The average Bonchev–Trinajstić information content (AvgIpc) is 2.39. The van der Waals surface area contributed by atoms with Crippen LogP contribution in [0.15, 0.2) is 24.3 Å². The predicted molar refractivity (Wildman–Crippen MR) is 82.2 cm³/mol. The highest BCUT2D eigenvalue weighted by Gasteiger charge is 2.37. The lowest BCUT2D eigenvalue weighted by Crippen LogP contribution is -2.56. The van der Waals surface area contributed by atoms with Crippen LogP contribution in [-0.4, -0.2) is 34.1 Å². The van der Waals surface area contributed by atoms with E-state index in [-0.39, 0.29) is 12.1 Å². The molecule has 1 unspecified atom stereocenters. The fourth-order valence-electron chi connectivity index (χ4n) is 2.32. The number of benzene rings is 1. The molecule has 0 aliphatic carbocycles. The molecule has 2 N–H and O–H groups in total. The van der Waals surface area contributed by atoms with Crippen LogP contribution < -0.4 is 5.32 Å². The fourth-order valence-corrected chi connectivity index (χ4v) is 2.32. The van der Waals surface area contributed by atoms with Crippen LogP contribution in [0.1, 0.15) is 44.9 Å². The molecule has 116 valence electrons. The van der Waals surface area contributed by atoms with Crippen molar-refractivity contribution in [3.05, 3.63) is 35.4 Å². The molecule has 0 bridgehead atoms. The maximum Gasteiger partial charge on any atom is 0.329 e. The van der Waals surface area contributed by atoms with Crippen LogP contribution in [0.3, 0.4) is 0 Å². The minimum absolute atomic E-state index is 0.183. The topological polar surface area (TPSA) is 69.6 Å². The summed E-state index contributed by atoms with van der Waals surface area (Å²) < 4.78 is 0. The zero-order valence-electron chi connectivity index (χ0n) is 13.3. The highest BCUT2D eigenvalue weighted by molar-refractivity contribution is 5.85. The zero-order chi connectivity index (χ0) is 16.2. The highest BCUT2D eigenvalue weighted by atomic mass is 16.4. The Balaban J connectivity index is 2.89. The first-order valence-corrected chi connectivity index (χ1v) is 7.08. The summed E-state index contributed by atoms with van der Waals surface area (Å²) >= 11 is 0. The first kappa shape index (κ1) is 17.0. The largest absolute Gasteiger partial charge is 0.480 e. The van der Waals surface area contributed by atoms with Gasteiger partial charge in [0.1, 0.15) is 5.54 Å². The van der Waals surface area contributed by atoms with Crippen molar-refractivity contribution in [2.75, 3.05) is 6.54 Å². The molecule has 2 amide bonds. The summed E-state index contributed by atoms with van der Waals surface area (Å²) in [6.07, 6.45) is 0. The number of carboxylic acid groups (broad SMARTS) is 1. The molecule has 5 heteroatoms. The van der Waals surface area contributed by atoms with Crippen molar-refractivity contribution in [3.8, 4) is 0 Å². The second-order valence-corrected chi connectivity index (χ2v) is 5.64. The third-order valence-corrected chi connectivity index (χ3v) is 3.75. The van der Waals surface area contributed by atoms with E-state index in [0.29, 0.717) is 6.54 Å². The molecule has 0 heterocycles. The molecule has 0 saturated carbocycles. The van der Waals surface area contributed by atoms with Gasteiger partial charge in [-0.3, -0.25) is 0 Å². The number of urea groups is 1. The number of hydrogen-bond acceptors (Lipinski definition) is 2. The minimum atomic E-state index is -1.25. The number of aryl methyl sites for hydroxylation is 1. The smallest absolute Gasteiger partial charge is 0.329 e. The number of carbonyl (C=O) groups is 2. The lowest BCUT2D eigenvalue weighted by atomic mass is 10.0. The van der Waals surface area contributed by atoms with E-state index in [1.54, 1.807) is 6.92 Å². The number of aliphatic carboxylic acids is 1. The van der Waals surface area contributed by atoms with Crippen LogP contribution in [-0.2, 0) is 4.79 Å². The van der Waals surface area contributed by atoms with Gasteiger partial charge in [-0.2, -0.15) is 0 Å². The first-order chi connectivity index (χ1) is 9.71. The molecule has 21 heavy (non-hydrogen) atoms. The number of rotatable bonds is 5. The van der Waals surface area contributed by atoms with Crippen molar-refractivity contribution in [2.24, 2.45) is 0 Å². The number of likely N-dealkylation sites (N-methyl/N-ethyl adjacent to an activating group) is 1. The predicted octanol–water partition coefficient (Wildman–Crippen LogP) is 2.95. The van der Waals surface area contributed by atoms with Crippen LogP contribution >= 0.6 is 0 Å².